The molecular formula is C23H13ClFNO7S. The number of carbonyl (C=O) groups excluding carboxylic acids is 2. The lowest BCUT2D eigenvalue weighted by molar-refractivity contribution is -0.123. The van der Waals surface area contributed by atoms with Crippen LogP contribution in [0.3, 0.4) is 0 Å². The van der Waals surface area contributed by atoms with Crippen LogP contribution in [-0.2, 0) is 11.3 Å². The SMILES string of the molecule is O=C(O)c1cc(C(=O)O)cc(-c2ccc(/C=C3/SC(=O)N(Cc4ccc(F)cc4Cl)C3=O)o2)c1. The van der Waals surface area contributed by atoms with Crippen LogP contribution in [0.15, 0.2) is 57.9 Å². The van der Waals surface area contributed by atoms with Crippen molar-refractivity contribution in [2.24, 2.45) is 0 Å². The number of nitrogens with zero attached hydrogens (tertiary/aromatic N) is 1. The number of halogens is 2. The zero-order chi connectivity index (χ0) is 24.6. The van der Waals surface area contributed by atoms with Gasteiger partial charge in [-0.3, -0.25) is 14.5 Å². The molecule has 172 valence electrons. The summed E-state index contributed by atoms with van der Waals surface area (Å²) in [6.07, 6.45) is 1.35. The number of imide groups is 1. The predicted molar refractivity (Wildman–Crippen MR) is 121 cm³/mol. The fraction of sp³-hybridized carbons (Fsp3) is 0.0435. The van der Waals surface area contributed by atoms with E-state index >= 15 is 0 Å². The highest BCUT2D eigenvalue weighted by Crippen LogP contribution is 2.35. The number of thioether (sulfide) groups is 1. The first-order chi connectivity index (χ1) is 16.1. The normalized spacial score (nSPS) is 14.8. The molecule has 1 aliphatic rings. The lowest BCUT2D eigenvalue weighted by atomic mass is 10.0. The van der Waals surface area contributed by atoms with Crippen molar-refractivity contribution in [1.82, 2.24) is 4.90 Å². The summed E-state index contributed by atoms with van der Waals surface area (Å²) in [5.41, 5.74) is 0.164. The number of benzene rings is 2. The Hall–Kier alpha value is -3.89. The fourth-order valence-corrected chi connectivity index (χ4v) is 4.23. The van der Waals surface area contributed by atoms with Crippen LogP contribution in [0.2, 0.25) is 5.02 Å². The molecule has 0 radical (unpaired) electrons. The topological polar surface area (TPSA) is 125 Å². The number of amides is 2. The Balaban J connectivity index is 1.59. The van der Waals surface area contributed by atoms with Gasteiger partial charge in [0.2, 0.25) is 0 Å². The lowest BCUT2D eigenvalue weighted by Gasteiger charge is -2.13. The minimum absolute atomic E-state index is 0.0784. The van der Waals surface area contributed by atoms with Crippen molar-refractivity contribution in [3.8, 4) is 11.3 Å². The standard InChI is InChI=1S/C23H13ClFNO7S/c24-17-8-15(25)2-1-11(17)10-26-20(27)19(34-23(26)32)9-16-3-4-18(33-16)12-5-13(21(28)29)7-14(6-12)22(30)31/h1-9H,10H2,(H,28,29)(H,30,31)/b19-9+. The summed E-state index contributed by atoms with van der Waals surface area (Å²) in [6.45, 7) is -0.134. The van der Waals surface area contributed by atoms with E-state index in [9.17, 15) is 33.8 Å². The number of furan rings is 1. The molecule has 0 spiro atoms. The summed E-state index contributed by atoms with van der Waals surface area (Å²) in [5.74, 6) is -3.36. The zero-order valence-electron chi connectivity index (χ0n) is 17.0. The number of carboxylic acid groups (broad SMARTS) is 2. The summed E-state index contributed by atoms with van der Waals surface area (Å²) >= 11 is 6.68. The third-order valence-electron chi connectivity index (χ3n) is 4.83. The Morgan fingerprint density at radius 3 is 2.32 bits per heavy atom. The van der Waals surface area contributed by atoms with Crippen molar-refractivity contribution >= 4 is 52.5 Å². The van der Waals surface area contributed by atoms with E-state index in [1.54, 1.807) is 0 Å². The van der Waals surface area contributed by atoms with Gasteiger partial charge in [-0.25, -0.2) is 14.0 Å². The third-order valence-corrected chi connectivity index (χ3v) is 6.09. The van der Waals surface area contributed by atoms with Crippen molar-refractivity contribution < 1.29 is 38.2 Å². The number of hydrogen-bond donors (Lipinski definition) is 2. The maximum Gasteiger partial charge on any atom is 0.335 e. The maximum absolute atomic E-state index is 13.3. The second kappa shape index (κ2) is 9.16. The Morgan fingerprint density at radius 1 is 1.03 bits per heavy atom. The van der Waals surface area contributed by atoms with Crippen LogP contribution in [-0.4, -0.2) is 38.2 Å². The van der Waals surface area contributed by atoms with Gasteiger partial charge in [-0.05, 0) is 59.8 Å². The van der Waals surface area contributed by atoms with Gasteiger partial charge in [-0.2, -0.15) is 0 Å². The van der Waals surface area contributed by atoms with Gasteiger partial charge in [0.1, 0.15) is 17.3 Å². The minimum Gasteiger partial charge on any atom is -0.478 e. The van der Waals surface area contributed by atoms with E-state index in [4.69, 9.17) is 16.0 Å². The predicted octanol–water partition coefficient (Wildman–Crippen LogP) is 5.37. The maximum atomic E-state index is 13.3. The smallest absolute Gasteiger partial charge is 0.335 e. The molecular weight excluding hydrogens is 489 g/mol. The average molecular weight is 502 g/mol. The molecule has 1 aromatic heterocycles. The summed E-state index contributed by atoms with van der Waals surface area (Å²) < 4.78 is 18.9. The van der Waals surface area contributed by atoms with Crippen molar-refractivity contribution in [3.63, 3.8) is 0 Å². The van der Waals surface area contributed by atoms with Gasteiger partial charge in [-0.15, -0.1) is 0 Å². The van der Waals surface area contributed by atoms with Gasteiger partial charge in [0, 0.05) is 16.7 Å². The molecule has 2 amide bonds. The summed E-state index contributed by atoms with van der Waals surface area (Å²) in [7, 11) is 0. The van der Waals surface area contributed by atoms with Crippen LogP contribution in [0.4, 0.5) is 9.18 Å². The summed E-state index contributed by atoms with van der Waals surface area (Å²) in [4.78, 5) is 48.8. The molecule has 0 bridgehead atoms. The van der Waals surface area contributed by atoms with E-state index < -0.39 is 28.9 Å². The van der Waals surface area contributed by atoms with Gasteiger partial charge in [0.25, 0.3) is 11.1 Å². The number of aromatic carboxylic acids is 2. The van der Waals surface area contributed by atoms with E-state index in [2.05, 4.69) is 0 Å². The van der Waals surface area contributed by atoms with E-state index in [1.165, 1.54) is 42.5 Å². The summed E-state index contributed by atoms with van der Waals surface area (Å²) in [5, 5.41) is 18.0. The second-order valence-corrected chi connectivity index (χ2v) is 8.52. The van der Waals surface area contributed by atoms with Crippen LogP contribution in [0.25, 0.3) is 17.4 Å². The highest BCUT2D eigenvalue weighted by Gasteiger charge is 2.35. The van der Waals surface area contributed by atoms with Gasteiger partial charge in [0.05, 0.1) is 22.6 Å². The molecule has 1 fully saturated rings. The van der Waals surface area contributed by atoms with E-state index in [1.807, 2.05) is 0 Å². The fourth-order valence-electron chi connectivity index (χ4n) is 3.19. The molecule has 34 heavy (non-hydrogen) atoms. The number of rotatable bonds is 6. The minimum atomic E-state index is -1.30. The number of hydrogen-bond acceptors (Lipinski definition) is 6. The Morgan fingerprint density at radius 2 is 1.71 bits per heavy atom. The van der Waals surface area contributed by atoms with Crippen LogP contribution in [0.1, 0.15) is 32.0 Å². The molecule has 1 saturated heterocycles. The quantitative estimate of drug-likeness (QED) is 0.432. The molecule has 2 heterocycles. The Kier molecular flexibility index (Phi) is 6.27. The van der Waals surface area contributed by atoms with Crippen LogP contribution >= 0.6 is 23.4 Å². The molecule has 0 aliphatic carbocycles. The third kappa shape index (κ3) is 4.73. The molecule has 11 heteroatoms. The Labute approximate surface area is 200 Å². The first kappa shape index (κ1) is 23.3. The summed E-state index contributed by atoms with van der Waals surface area (Å²) in [6, 6.07) is 10.2. The van der Waals surface area contributed by atoms with E-state index in [0.717, 1.165) is 17.0 Å². The Bertz CT molecular complexity index is 1370. The molecule has 0 unspecified atom stereocenters. The molecule has 2 aromatic carbocycles. The molecule has 1 aliphatic heterocycles. The van der Waals surface area contributed by atoms with E-state index in [-0.39, 0.29) is 44.7 Å². The van der Waals surface area contributed by atoms with Gasteiger partial charge >= 0.3 is 11.9 Å². The zero-order valence-corrected chi connectivity index (χ0v) is 18.5. The van der Waals surface area contributed by atoms with Gasteiger partial charge < -0.3 is 14.6 Å². The molecule has 4 rings (SSSR count). The van der Waals surface area contributed by atoms with Crippen LogP contribution < -0.4 is 0 Å². The molecule has 8 nitrogen and oxygen atoms in total. The van der Waals surface area contributed by atoms with Crippen molar-refractivity contribution in [1.29, 1.82) is 0 Å². The highest BCUT2D eigenvalue weighted by molar-refractivity contribution is 8.18. The number of carbonyl (C=O) groups is 4. The van der Waals surface area contributed by atoms with Crippen LogP contribution in [0, 0.1) is 5.82 Å². The molecule has 0 saturated carbocycles. The largest absolute Gasteiger partial charge is 0.478 e. The second-order valence-electron chi connectivity index (χ2n) is 7.11. The van der Waals surface area contributed by atoms with Crippen LogP contribution in [0.5, 0.6) is 0 Å². The molecule has 2 N–H and O–H groups in total. The van der Waals surface area contributed by atoms with E-state index in [0.29, 0.717) is 17.3 Å². The first-order valence-electron chi connectivity index (χ1n) is 9.53. The molecule has 0 atom stereocenters. The average Bonchev–Trinajstić information content (AvgIpc) is 3.35. The monoisotopic (exact) mass is 501 g/mol. The molecule has 3 aromatic rings. The number of carboxylic acids is 2. The van der Waals surface area contributed by atoms with Crippen molar-refractivity contribution in [2.75, 3.05) is 0 Å². The first-order valence-corrected chi connectivity index (χ1v) is 10.7. The van der Waals surface area contributed by atoms with Gasteiger partial charge in [0.15, 0.2) is 0 Å². The van der Waals surface area contributed by atoms with Crippen molar-refractivity contribution in [3.05, 3.63) is 86.7 Å². The highest BCUT2D eigenvalue weighted by atomic mass is 35.5. The lowest BCUT2D eigenvalue weighted by Crippen LogP contribution is -2.27. The van der Waals surface area contributed by atoms with Gasteiger partial charge in [-0.1, -0.05) is 17.7 Å². The van der Waals surface area contributed by atoms with Crippen molar-refractivity contribution in [2.45, 2.75) is 6.54 Å².